The van der Waals surface area contributed by atoms with Crippen LogP contribution in [-0.4, -0.2) is 49.0 Å². The summed E-state index contributed by atoms with van der Waals surface area (Å²) in [6.07, 6.45) is 1.42. The first-order chi connectivity index (χ1) is 15.4. The number of aromatic nitrogens is 2. The van der Waals surface area contributed by atoms with Gasteiger partial charge in [0.25, 0.3) is 5.91 Å². The maximum absolute atomic E-state index is 13.3. The van der Waals surface area contributed by atoms with Crippen LogP contribution < -0.4 is 10.1 Å². The van der Waals surface area contributed by atoms with E-state index in [-0.39, 0.29) is 34.0 Å². The Morgan fingerprint density at radius 1 is 1.22 bits per heavy atom. The molecule has 1 saturated heterocycles. The summed E-state index contributed by atoms with van der Waals surface area (Å²) in [5, 5.41) is 12.2. The highest BCUT2D eigenvalue weighted by Crippen LogP contribution is 2.35. The lowest BCUT2D eigenvalue weighted by atomic mass is 10.0. The number of carbonyl (C=O) groups is 1. The highest BCUT2D eigenvalue weighted by Gasteiger charge is 2.34. The molecule has 3 aromatic rings. The van der Waals surface area contributed by atoms with E-state index in [1.807, 2.05) is 18.2 Å². The summed E-state index contributed by atoms with van der Waals surface area (Å²) in [4.78, 5) is 12.5. The van der Waals surface area contributed by atoms with E-state index < -0.39 is 10.0 Å². The van der Waals surface area contributed by atoms with Crippen LogP contribution in [0.3, 0.4) is 0 Å². The average molecular weight is 493 g/mol. The molecule has 2 heterocycles. The lowest BCUT2D eigenvalue weighted by molar-refractivity contribution is 0.102. The van der Waals surface area contributed by atoms with Gasteiger partial charge in [-0.25, -0.2) is 8.42 Å². The number of carbonyl (C=O) groups excluding carboxylic acids is 1. The van der Waals surface area contributed by atoms with Crippen LogP contribution in [0.2, 0.25) is 5.02 Å². The van der Waals surface area contributed by atoms with Crippen LogP contribution in [0.5, 0.6) is 5.75 Å². The molecule has 0 aliphatic carbocycles. The van der Waals surface area contributed by atoms with Gasteiger partial charge in [-0.2, -0.15) is 4.31 Å². The molecule has 0 bridgehead atoms. The van der Waals surface area contributed by atoms with Gasteiger partial charge in [-0.3, -0.25) is 4.79 Å². The SMILES string of the molecule is COc1ccc(Cl)cc1S(=O)(=O)N1CCCC(c2nnc(C(=O)Nc3ccccc3)s2)C1. The lowest BCUT2D eigenvalue weighted by Crippen LogP contribution is -2.39. The van der Waals surface area contributed by atoms with Gasteiger partial charge in [-0.15, -0.1) is 10.2 Å². The predicted octanol–water partition coefficient (Wildman–Crippen LogP) is 4.02. The van der Waals surface area contributed by atoms with Crippen LogP contribution in [0.25, 0.3) is 0 Å². The summed E-state index contributed by atoms with van der Waals surface area (Å²) in [6, 6.07) is 13.6. The smallest absolute Gasteiger partial charge is 0.286 e. The van der Waals surface area contributed by atoms with Crippen molar-refractivity contribution in [2.45, 2.75) is 23.7 Å². The molecule has 0 spiro atoms. The number of benzene rings is 2. The molecule has 8 nitrogen and oxygen atoms in total. The molecule has 32 heavy (non-hydrogen) atoms. The number of rotatable bonds is 6. The van der Waals surface area contributed by atoms with Gasteiger partial charge >= 0.3 is 0 Å². The van der Waals surface area contributed by atoms with Crippen molar-refractivity contribution in [2.75, 3.05) is 25.5 Å². The molecule has 1 aliphatic rings. The minimum Gasteiger partial charge on any atom is -0.495 e. The molecule has 1 unspecified atom stereocenters. The number of hydrogen-bond donors (Lipinski definition) is 1. The second kappa shape index (κ2) is 9.53. The van der Waals surface area contributed by atoms with Crippen molar-refractivity contribution in [2.24, 2.45) is 0 Å². The molecule has 0 saturated carbocycles. The number of hydrogen-bond acceptors (Lipinski definition) is 7. The van der Waals surface area contributed by atoms with Gasteiger partial charge in [0.1, 0.15) is 15.7 Å². The van der Waals surface area contributed by atoms with Gasteiger partial charge in [-0.1, -0.05) is 41.1 Å². The van der Waals surface area contributed by atoms with Gasteiger partial charge in [0.2, 0.25) is 15.0 Å². The zero-order valence-electron chi connectivity index (χ0n) is 17.2. The minimum absolute atomic E-state index is 0.0355. The van der Waals surface area contributed by atoms with E-state index >= 15 is 0 Å². The molecule has 1 amide bonds. The molecule has 0 radical (unpaired) electrons. The molecular formula is C21H21ClN4O4S2. The van der Waals surface area contributed by atoms with E-state index in [2.05, 4.69) is 15.5 Å². The first-order valence-corrected chi connectivity index (χ1v) is 12.6. The third kappa shape index (κ3) is 4.78. The molecule has 4 rings (SSSR count). The summed E-state index contributed by atoms with van der Waals surface area (Å²) < 4.78 is 33.3. The molecule has 11 heteroatoms. The average Bonchev–Trinajstić information content (AvgIpc) is 3.30. The fourth-order valence-electron chi connectivity index (χ4n) is 3.55. The van der Waals surface area contributed by atoms with Gasteiger partial charge in [0.15, 0.2) is 0 Å². The summed E-state index contributed by atoms with van der Waals surface area (Å²) in [5.41, 5.74) is 0.666. The molecule has 2 aromatic carbocycles. The second-order valence-corrected chi connectivity index (χ2v) is 10.6. The summed E-state index contributed by atoms with van der Waals surface area (Å²) in [5.74, 6) is -0.254. The van der Waals surface area contributed by atoms with Crippen molar-refractivity contribution >= 4 is 44.6 Å². The van der Waals surface area contributed by atoms with Crippen molar-refractivity contribution in [3.05, 3.63) is 63.6 Å². The van der Waals surface area contributed by atoms with E-state index in [9.17, 15) is 13.2 Å². The van der Waals surface area contributed by atoms with Gasteiger partial charge in [0.05, 0.1) is 7.11 Å². The van der Waals surface area contributed by atoms with E-state index in [0.29, 0.717) is 28.7 Å². The van der Waals surface area contributed by atoms with E-state index in [1.165, 1.54) is 28.8 Å². The zero-order valence-corrected chi connectivity index (χ0v) is 19.6. The third-order valence-electron chi connectivity index (χ3n) is 5.14. The number of amides is 1. The van der Waals surface area contributed by atoms with Crippen LogP contribution >= 0.6 is 22.9 Å². The Morgan fingerprint density at radius 2 is 2.00 bits per heavy atom. The minimum atomic E-state index is -3.82. The van der Waals surface area contributed by atoms with Crippen LogP contribution in [0.1, 0.15) is 33.6 Å². The zero-order chi connectivity index (χ0) is 22.7. The molecular weight excluding hydrogens is 472 g/mol. The van der Waals surface area contributed by atoms with Crippen molar-refractivity contribution in [3.63, 3.8) is 0 Å². The largest absolute Gasteiger partial charge is 0.495 e. The number of piperidine rings is 1. The predicted molar refractivity (Wildman–Crippen MR) is 123 cm³/mol. The molecule has 1 aliphatic heterocycles. The van der Waals surface area contributed by atoms with Crippen molar-refractivity contribution in [1.82, 2.24) is 14.5 Å². The number of ether oxygens (including phenoxy) is 1. The Labute approximate surface area is 195 Å². The summed E-state index contributed by atoms with van der Waals surface area (Å²) in [6.45, 7) is 0.627. The van der Waals surface area contributed by atoms with Crippen LogP contribution in [-0.2, 0) is 10.0 Å². The van der Waals surface area contributed by atoms with E-state index in [0.717, 1.165) is 6.42 Å². The molecule has 1 fully saturated rings. The normalized spacial score (nSPS) is 17.1. The van der Waals surface area contributed by atoms with Gasteiger partial charge in [-0.05, 0) is 43.2 Å². The Balaban J connectivity index is 1.51. The number of sulfonamides is 1. The molecule has 1 N–H and O–H groups in total. The maximum Gasteiger partial charge on any atom is 0.286 e. The first kappa shape index (κ1) is 22.7. The Morgan fingerprint density at radius 3 is 2.75 bits per heavy atom. The Hall–Kier alpha value is -2.53. The van der Waals surface area contributed by atoms with E-state index in [1.54, 1.807) is 24.3 Å². The third-order valence-corrected chi connectivity index (χ3v) is 8.35. The molecule has 1 atom stereocenters. The number of halogens is 1. The first-order valence-electron chi connectivity index (χ1n) is 9.92. The fraction of sp³-hybridized carbons (Fsp3) is 0.286. The Kier molecular flexibility index (Phi) is 6.75. The molecule has 168 valence electrons. The summed E-state index contributed by atoms with van der Waals surface area (Å²) >= 11 is 7.22. The van der Waals surface area contributed by atoms with Crippen molar-refractivity contribution in [3.8, 4) is 5.75 Å². The number of methoxy groups -OCH3 is 1. The van der Waals surface area contributed by atoms with Gasteiger partial charge in [0, 0.05) is 29.7 Å². The van der Waals surface area contributed by atoms with E-state index in [4.69, 9.17) is 16.3 Å². The van der Waals surface area contributed by atoms with Crippen molar-refractivity contribution in [1.29, 1.82) is 0 Å². The maximum atomic E-state index is 13.3. The molecule has 1 aromatic heterocycles. The fourth-order valence-corrected chi connectivity index (χ4v) is 6.36. The second-order valence-electron chi connectivity index (χ2n) is 7.26. The van der Waals surface area contributed by atoms with Gasteiger partial charge < -0.3 is 10.1 Å². The highest BCUT2D eigenvalue weighted by molar-refractivity contribution is 7.89. The van der Waals surface area contributed by atoms with Crippen LogP contribution in [0.15, 0.2) is 53.4 Å². The topological polar surface area (TPSA) is 101 Å². The standard InChI is InChI=1S/C21H21ClN4O4S2/c1-30-17-10-9-15(22)12-18(17)32(28,29)26-11-5-6-14(13-26)20-24-25-21(31-20)19(27)23-16-7-3-2-4-8-16/h2-4,7-10,12,14H,5-6,11,13H2,1H3,(H,23,27). The summed E-state index contributed by atoms with van der Waals surface area (Å²) in [7, 11) is -2.40. The number of anilines is 1. The number of nitrogens with one attached hydrogen (secondary N) is 1. The highest BCUT2D eigenvalue weighted by atomic mass is 35.5. The van der Waals surface area contributed by atoms with Crippen LogP contribution in [0, 0.1) is 0 Å². The van der Waals surface area contributed by atoms with Crippen molar-refractivity contribution < 1.29 is 17.9 Å². The number of para-hydroxylation sites is 1. The quantitative estimate of drug-likeness (QED) is 0.557. The number of nitrogens with zero attached hydrogens (tertiary/aromatic N) is 3. The Bertz CT molecular complexity index is 1220. The monoisotopic (exact) mass is 492 g/mol. The van der Waals surface area contributed by atoms with Crippen LogP contribution in [0.4, 0.5) is 5.69 Å². The lowest BCUT2D eigenvalue weighted by Gasteiger charge is -2.31.